The summed E-state index contributed by atoms with van der Waals surface area (Å²) in [4.78, 5) is 23.8. The van der Waals surface area contributed by atoms with Gasteiger partial charge in [0, 0.05) is 34.6 Å². The Bertz CT molecular complexity index is 2220. The summed E-state index contributed by atoms with van der Waals surface area (Å²) in [7, 11) is 0. The smallest absolute Gasteiger partial charge is 0.164 e. The third-order valence-corrected chi connectivity index (χ3v) is 8.03. The zero-order valence-electron chi connectivity index (χ0n) is 24.8. The number of rotatable bonds is 6. The van der Waals surface area contributed by atoms with Gasteiger partial charge in [-0.3, -0.25) is 0 Å². The third kappa shape index (κ3) is 5.42. The molecule has 8 aromatic rings. The lowest BCUT2D eigenvalue weighted by Gasteiger charge is -2.14. The van der Waals surface area contributed by atoms with E-state index in [1.165, 1.54) is 10.8 Å². The van der Waals surface area contributed by atoms with Gasteiger partial charge < -0.3 is 0 Å². The topological polar surface area (TPSA) is 64.5 Å². The van der Waals surface area contributed by atoms with E-state index < -0.39 is 0 Å². The lowest BCUT2D eigenvalue weighted by Crippen LogP contribution is -2.00. The molecule has 46 heavy (non-hydrogen) atoms. The second-order valence-corrected chi connectivity index (χ2v) is 11.0. The SMILES string of the molecule is c1ccc(-c2nc(-c3ccccc3)nc(-c3cc(-c4ccc(-c5ncccn5)cc4)cc(-c4cccc5ccccc45)c3)n2)cc1. The first-order chi connectivity index (χ1) is 22.8. The van der Waals surface area contributed by atoms with Crippen LogP contribution in [0.5, 0.6) is 0 Å². The van der Waals surface area contributed by atoms with Crippen LogP contribution in [0, 0.1) is 0 Å². The van der Waals surface area contributed by atoms with Crippen molar-refractivity contribution < 1.29 is 0 Å². The van der Waals surface area contributed by atoms with Crippen LogP contribution in [-0.4, -0.2) is 24.9 Å². The van der Waals surface area contributed by atoms with Gasteiger partial charge in [0.2, 0.25) is 0 Å². The minimum absolute atomic E-state index is 0.616. The van der Waals surface area contributed by atoms with Crippen molar-refractivity contribution in [2.24, 2.45) is 0 Å². The molecular formula is C41H27N5. The Labute approximate surface area is 267 Å². The van der Waals surface area contributed by atoms with E-state index >= 15 is 0 Å². The second-order valence-electron chi connectivity index (χ2n) is 11.0. The lowest BCUT2D eigenvalue weighted by atomic mass is 9.92. The molecule has 0 atom stereocenters. The van der Waals surface area contributed by atoms with Crippen LogP contribution in [-0.2, 0) is 0 Å². The van der Waals surface area contributed by atoms with Gasteiger partial charge in [0.05, 0.1) is 0 Å². The molecule has 0 aliphatic heterocycles. The summed E-state index contributed by atoms with van der Waals surface area (Å²) in [6.07, 6.45) is 3.52. The van der Waals surface area contributed by atoms with Crippen LogP contribution < -0.4 is 0 Å². The molecular weight excluding hydrogens is 562 g/mol. The largest absolute Gasteiger partial charge is 0.237 e. The number of benzene rings is 6. The van der Waals surface area contributed by atoms with Crippen molar-refractivity contribution in [1.29, 1.82) is 0 Å². The second kappa shape index (κ2) is 12.0. The maximum absolute atomic E-state index is 5.05. The highest BCUT2D eigenvalue weighted by molar-refractivity contribution is 5.98. The molecule has 0 spiro atoms. The standard InChI is InChI=1S/C41H27N5/c1-3-12-30(13-4-1)39-44-40(31-14-5-2-6-15-31)46-41(45-39)35-26-33(28-19-21-32(22-20-28)38-42-23-10-24-43-38)25-34(27-35)37-18-9-16-29-11-7-8-17-36(29)37/h1-27H. The van der Waals surface area contributed by atoms with Crippen molar-refractivity contribution in [3.05, 3.63) is 164 Å². The van der Waals surface area contributed by atoms with Gasteiger partial charge in [0.15, 0.2) is 23.3 Å². The van der Waals surface area contributed by atoms with Gasteiger partial charge in [-0.25, -0.2) is 24.9 Å². The summed E-state index contributed by atoms with van der Waals surface area (Å²) in [6.45, 7) is 0. The van der Waals surface area contributed by atoms with Gasteiger partial charge >= 0.3 is 0 Å². The molecule has 0 saturated carbocycles. The average molecular weight is 590 g/mol. The van der Waals surface area contributed by atoms with Gasteiger partial charge in [-0.1, -0.05) is 127 Å². The predicted octanol–water partition coefficient (Wildman–Crippen LogP) is 9.82. The van der Waals surface area contributed by atoms with Gasteiger partial charge in [0.1, 0.15) is 0 Å². The molecule has 0 saturated heterocycles. The van der Waals surface area contributed by atoms with Crippen LogP contribution in [0.3, 0.4) is 0 Å². The van der Waals surface area contributed by atoms with E-state index in [2.05, 4.69) is 94.9 Å². The molecule has 0 amide bonds. The zero-order valence-corrected chi connectivity index (χ0v) is 24.8. The van der Waals surface area contributed by atoms with Crippen molar-refractivity contribution in [1.82, 2.24) is 24.9 Å². The Kier molecular flexibility index (Phi) is 7.09. The van der Waals surface area contributed by atoms with E-state index in [9.17, 15) is 0 Å². The minimum atomic E-state index is 0.616. The van der Waals surface area contributed by atoms with E-state index in [4.69, 9.17) is 15.0 Å². The molecule has 5 nitrogen and oxygen atoms in total. The summed E-state index contributed by atoms with van der Waals surface area (Å²) < 4.78 is 0. The number of hydrogen-bond acceptors (Lipinski definition) is 5. The molecule has 2 heterocycles. The summed E-state index contributed by atoms with van der Waals surface area (Å²) in [5, 5.41) is 2.38. The van der Waals surface area contributed by atoms with Crippen LogP contribution >= 0.6 is 0 Å². The molecule has 2 aromatic heterocycles. The first kappa shape index (κ1) is 27.2. The van der Waals surface area contributed by atoms with Gasteiger partial charge in [-0.05, 0) is 57.3 Å². The molecule has 0 aliphatic rings. The van der Waals surface area contributed by atoms with E-state index in [0.717, 1.165) is 44.5 Å². The molecule has 216 valence electrons. The first-order valence-electron chi connectivity index (χ1n) is 15.2. The highest BCUT2D eigenvalue weighted by Crippen LogP contribution is 2.36. The monoisotopic (exact) mass is 589 g/mol. The summed E-state index contributed by atoms with van der Waals surface area (Å²) >= 11 is 0. The molecule has 0 bridgehead atoms. The summed E-state index contributed by atoms with van der Waals surface area (Å²) in [5.41, 5.74) is 8.12. The van der Waals surface area contributed by atoms with Gasteiger partial charge in [-0.2, -0.15) is 0 Å². The highest BCUT2D eigenvalue weighted by Gasteiger charge is 2.16. The molecule has 6 aromatic carbocycles. The quantitative estimate of drug-likeness (QED) is 0.193. The van der Waals surface area contributed by atoms with Gasteiger partial charge in [0.25, 0.3) is 0 Å². The molecule has 5 heteroatoms. The van der Waals surface area contributed by atoms with Crippen molar-refractivity contribution in [3.63, 3.8) is 0 Å². The Morgan fingerprint density at radius 1 is 0.304 bits per heavy atom. The predicted molar refractivity (Wildman–Crippen MR) is 186 cm³/mol. The molecule has 8 rings (SSSR count). The fourth-order valence-corrected chi connectivity index (χ4v) is 5.75. The van der Waals surface area contributed by atoms with Crippen molar-refractivity contribution in [2.45, 2.75) is 0 Å². The molecule has 0 radical (unpaired) electrons. The first-order valence-corrected chi connectivity index (χ1v) is 15.2. The maximum atomic E-state index is 5.05. The Morgan fingerprint density at radius 2 is 0.804 bits per heavy atom. The summed E-state index contributed by atoms with van der Waals surface area (Å²) in [5.74, 6) is 2.58. The normalized spacial score (nSPS) is 11.0. The van der Waals surface area contributed by atoms with E-state index in [-0.39, 0.29) is 0 Å². The van der Waals surface area contributed by atoms with Crippen LogP contribution in [0.4, 0.5) is 0 Å². The Hall–Kier alpha value is -6.33. The Morgan fingerprint density at radius 3 is 1.48 bits per heavy atom. The van der Waals surface area contributed by atoms with Crippen LogP contribution in [0.15, 0.2) is 164 Å². The maximum Gasteiger partial charge on any atom is 0.164 e. The van der Waals surface area contributed by atoms with Gasteiger partial charge in [-0.15, -0.1) is 0 Å². The van der Waals surface area contributed by atoms with E-state index in [1.54, 1.807) is 12.4 Å². The van der Waals surface area contributed by atoms with E-state index in [1.807, 2.05) is 66.7 Å². The fourth-order valence-electron chi connectivity index (χ4n) is 5.75. The zero-order chi connectivity index (χ0) is 30.7. The molecule has 0 fully saturated rings. The number of hydrogen-bond donors (Lipinski definition) is 0. The summed E-state index contributed by atoms with van der Waals surface area (Å²) in [6, 6.07) is 51.9. The highest BCUT2D eigenvalue weighted by atomic mass is 15.0. The number of fused-ring (bicyclic) bond motifs is 1. The molecule has 0 N–H and O–H groups in total. The number of nitrogens with zero attached hydrogens (tertiary/aromatic N) is 5. The number of aromatic nitrogens is 5. The van der Waals surface area contributed by atoms with Crippen molar-refractivity contribution >= 4 is 10.8 Å². The van der Waals surface area contributed by atoms with Crippen molar-refractivity contribution in [2.75, 3.05) is 0 Å². The van der Waals surface area contributed by atoms with E-state index in [0.29, 0.717) is 23.3 Å². The third-order valence-electron chi connectivity index (χ3n) is 8.03. The molecule has 0 unspecified atom stereocenters. The minimum Gasteiger partial charge on any atom is -0.237 e. The van der Waals surface area contributed by atoms with Crippen LogP contribution in [0.2, 0.25) is 0 Å². The average Bonchev–Trinajstić information content (AvgIpc) is 3.15. The van der Waals surface area contributed by atoms with Crippen LogP contribution in [0.25, 0.3) is 78.6 Å². The fraction of sp³-hybridized carbons (Fsp3) is 0. The lowest BCUT2D eigenvalue weighted by molar-refractivity contribution is 1.07. The molecule has 0 aliphatic carbocycles. The van der Waals surface area contributed by atoms with Crippen molar-refractivity contribution in [3.8, 4) is 67.8 Å². The van der Waals surface area contributed by atoms with Crippen LogP contribution in [0.1, 0.15) is 0 Å². The Balaban J connectivity index is 1.34.